The molecular formula is C24H28N2O. The number of nitrogens with zero attached hydrogens (tertiary/aromatic N) is 1. The molecule has 0 aromatic heterocycles. The third-order valence-corrected chi connectivity index (χ3v) is 3.74. The highest BCUT2D eigenvalue weighted by atomic mass is 16.1. The van der Waals surface area contributed by atoms with Crippen LogP contribution >= 0.6 is 0 Å². The molecule has 0 radical (unpaired) electrons. The van der Waals surface area contributed by atoms with Crippen LogP contribution in [0.2, 0.25) is 0 Å². The van der Waals surface area contributed by atoms with Gasteiger partial charge in [0.05, 0.1) is 0 Å². The van der Waals surface area contributed by atoms with Crippen molar-refractivity contribution >= 4 is 11.6 Å². The fourth-order valence-corrected chi connectivity index (χ4v) is 2.46. The molecule has 3 nitrogen and oxygen atoms in total. The Hall–Kier alpha value is -2.83. The van der Waals surface area contributed by atoms with E-state index in [9.17, 15) is 4.79 Å². The van der Waals surface area contributed by atoms with E-state index >= 15 is 0 Å². The van der Waals surface area contributed by atoms with Gasteiger partial charge in [0.1, 0.15) is 0 Å². The third-order valence-electron chi connectivity index (χ3n) is 3.74. The lowest BCUT2D eigenvalue weighted by atomic mass is 9.98. The minimum atomic E-state index is -0.0944. The Labute approximate surface area is 163 Å². The predicted molar refractivity (Wildman–Crippen MR) is 114 cm³/mol. The fourth-order valence-electron chi connectivity index (χ4n) is 2.46. The van der Waals surface area contributed by atoms with Gasteiger partial charge in [0.2, 0.25) is 0 Å². The van der Waals surface area contributed by atoms with E-state index in [-0.39, 0.29) is 11.3 Å². The van der Waals surface area contributed by atoms with Crippen molar-refractivity contribution in [3.8, 4) is 11.8 Å². The van der Waals surface area contributed by atoms with Crippen molar-refractivity contribution in [2.45, 2.75) is 27.3 Å². The lowest BCUT2D eigenvalue weighted by molar-refractivity contribution is 0.102. The smallest absolute Gasteiger partial charge is 0.255 e. The normalized spacial score (nSPS) is 11.3. The molecule has 0 aliphatic heterocycles. The van der Waals surface area contributed by atoms with E-state index in [0.717, 1.165) is 24.3 Å². The van der Waals surface area contributed by atoms with Crippen molar-refractivity contribution in [3.05, 3.63) is 77.9 Å². The number of likely N-dealkylation sites (N-methyl/N-ethyl adjacent to an activating group) is 1. The number of amides is 1. The molecule has 2 rings (SSSR count). The Kier molecular flexibility index (Phi) is 7.40. The number of hydrogen-bond donors (Lipinski definition) is 1. The monoisotopic (exact) mass is 360 g/mol. The van der Waals surface area contributed by atoms with Gasteiger partial charge in [-0.15, -0.1) is 0 Å². The minimum absolute atomic E-state index is 0.0248. The molecule has 0 unspecified atom stereocenters. The van der Waals surface area contributed by atoms with Crippen LogP contribution in [-0.4, -0.2) is 24.4 Å². The van der Waals surface area contributed by atoms with Crippen molar-refractivity contribution in [3.63, 3.8) is 0 Å². The van der Waals surface area contributed by atoms with Crippen LogP contribution in [-0.2, 0) is 6.54 Å². The quantitative estimate of drug-likeness (QED) is 0.737. The molecule has 0 saturated carbocycles. The summed E-state index contributed by atoms with van der Waals surface area (Å²) in [5.41, 5.74) is 2.59. The van der Waals surface area contributed by atoms with E-state index in [0.29, 0.717) is 5.56 Å². The van der Waals surface area contributed by atoms with E-state index in [1.54, 1.807) is 0 Å². The zero-order chi connectivity index (χ0) is 19.7. The van der Waals surface area contributed by atoms with Gasteiger partial charge in [0.15, 0.2) is 0 Å². The number of carbonyl (C=O) groups is 1. The maximum Gasteiger partial charge on any atom is 0.255 e. The summed E-state index contributed by atoms with van der Waals surface area (Å²) in [4.78, 5) is 14.6. The van der Waals surface area contributed by atoms with Crippen molar-refractivity contribution < 1.29 is 4.79 Å². The number of hydrogen-bond acceptors (Lipinski definition) is 2. The highest BCUT2D eigenvalue weighted by Crippen LogP contribution is 2.12. The van der Waals surface area contributed by atoms with E-state index in [1.165, 1.54) is 0 Å². The van der Waals surface area contributed by atoms with Gasteiger partial charge in [-0.3, -0.25) is 9.69 Å². The first-order valence-electron chi connectivity index (χ1n) is 9.15. The standard InChI is InChI=1S/C24H28N2O/c1-24(2,3)16-9-6-10-17-26(4)19-20-12-11-13-21(18-20)23(27)25-22-14-7-5-8-15-22/h5-8,10-15,18H,17,19H2,1-4H3,(H,25,27). The summed E-state index contributed by atoms with van der Waals surface area (Å²) in [6, 6.07) is 17.2. The maximum atomic E-state index is 12.4. The molecule has 3 heteroatoms. The summed E-state index contributed by atoms with van der Waals surface area (Å²) in [5, 5.41) is 2.92. The Morgan fingerprint density at radius 3 is 2.56 bits per heavy atom. The van der Waals surface area contributed by atoms with Gasteiger partial charge in [-0.2, -0.15) is 0 Å². The summed E-state index contributed by atoms with van der Waals surface area (Å²) in [6.07, 6.45) is 3.97. The molecule has 2 aromatic carbocycles. The van der Waals surface area contributed by atoms with Crippen LogP contribution in [0.3, 0.4) is 0 Å². The van der Waals surface area contributed by atoms with Crippen molar-refractivity contribution in [1.29, 1.82) is 0 Å². The van der Waals surface area contributed by atoms with E-state index in [1.807, 2.05) is 60.7 Å². The summed E-state index contributed by atoms with van der Waals surface area (Å²) >= 11 is 0. The van der Waals surface area contributed by atoms with Crippen LogP contribution in [0.4, 0.5) is 5.69 Å². The number of anilines is 1. The van der Waals surface area contributed by atoms with Gasteiger partial charge in [-0.05, 0) is 63.7 Å². The predicted octanol–water partition coefficient (Wildman–Crippen LogP) is 4.98. The van der Waals surface area contributed by atoms with Crippen molar-refractivity contribution in [2.75, 3.05) is 18.9 Å². The first kappa shape index (κ1) is 20.5. The number of benzene rings is 2. The van der Waals surface area contributed by atoms with Gasteiger partial charge in [0, 0.05) is 29.8 Å². The Bertz CT molecular complexity index is 836. The largest absolute Gasteiger partial charge is 0.322 e. The van der Waals surface area contributed by atoms with Crippen LogP contribution in [0.15, 0.2) is 66.7 Å². The number of allylic oxidation sites excluding steroid dienone is 1. The summed E-state index contributed by atoms with van der Waals surface area (Å²) in [6.45, 7) is 7.87. The Morgan fingerprint density at radius 1 is 1.11 bits per heavy atom. The highest BCUT2D eigenvalue weighted by molar-refractivity contribution is 6.04. The lowest BCUT2D eigenvalue weighted by Crippen LogP contribution is -2.18. The molecule has 2 aromatic rings. The molecule has 0 aliphatic rings. The molecule has 1 N–H and O–H groups in total. The van der Waals surface area contributed by atoms with Crippen LogP contribution in [0.1, 0.15) is 36.7 Å². The molecule has 0 fully saturated rings. The average Bonchev–Trinajstić information content (AvgIpc) is 2.61. The first-order chi connectivity index (χ1) is 12.8. The lowest BCUT2D eigenvalue weighted by Gasteiger charge is -2.15. The van der Waals surface area contributed by atoms with Crippen LogP contribution in [0.25, 0.3) is 0 Å². The highest BCUT2D eigenvalue weighted by Gasteiger charge is 2.07. The molecule has 0 atom stereocenters. The van der Waals surface area contributed by atoms with Crippen LogP contribution < -0.4 is 5.32 Å². The Morgan fingerprint density at radius 2 is 1.85 bits per heavy atom. The number of para-hydroxylation sites is 1. The first-order valence-corrected chi connectivity index (χ1v) is 9.15. The summed E-state index contributed by atoms with van der Waals surface area (Å²) in [5.74, 6) is 6.17. The van der Waals surface area contributed by atoms with Gasteiger partial charge in [0.25, 0.3) is 5.91 Å². The second kappa shape index (κ2) is 9.75. The molecule has 27 heavy (non-hydrogen) atoms. The van der Waals surface area contributed by atoms with Gasteiger partial charge in [-0.25, -0.2) is 0 Å². The third kappa shape index (κ3) is 7.94. The van der Waals surface area contributed by atoms with Crippen LogP contribution in [0, 0.1) is 17.3 Å². The van der Waals surface area contributed by atoms with Gasteiger partial charge < -0.3 is 5.32 Å². The average molecular weight is 361 g/mol. The van der Waals surface area contributed by atoms with Crippen molar-refractivity contribution in [2.24, 2.45) is 5.41 Å². The molecule has 0 bridgehead atoms. The van der Waals surface area contributed by atoms with E-state index < -0.39 is 0 Å². The van der Waals surface area contributed by atoms with E-state index in [4.69, 9.17) is 0 Å². The van der Waals surface area contributed by atoms with E-state index in [2.05, 4.69) is 56.0 Å². The van der Waals surface area contributed by atoms with Gasteiger partial charge >= 0.3 is 0 Å². The zero-order valence-corrected chi connectivity index (χ0v) is 16.6. The molecule has 1 amide bonds. The van der Waals surface area contributed by atoms with Crippen LogP contribution in [0.5, 0.6) is 0 Å². The number of carbonyl (C=O) groups excluding carboxylic acids is 1. The summed E-state index contributed by atoms with van der Waals surface area (Å²) < 4.78 is 0. The number of rotatable bonds is 6. The minimum Gasteiger partial charge on any atom is -0.322 e. The Balaban J connectivity index is 1.91. The van der Waals surface area contributed by atoms with Crippen molar-refractivity contribution in [1.82, 2.24) is 4.90 Å². The summed E-state index contributed by atoms with van der Waals surface area (Å²) in [7, 11) is 2.05. The molecular weight excluding hydrogens is 332 g/mol. The molecule has 0 aliphatic carbocycles. The topological polar surface area (TPSA) is 32.3 Å². The molecule has 140 valence electrons. The molecule has 0 heterocycles. The second-order valence-corrected chi connectivity index (χ2v) is 7.64. The van der Waals surface area contributed by atoms with Gasteiger partial charge in [-0.1, -0.05) is 48.2 Å². The molecule has 0 spiro atoms. The SMILES string of the molecule is CN(CC=CC#CC(C)(C)C)Cc1cccc(C(=O)Nc2ccccc2)c1. The zero-order valence-electron chi connectivity index (χ0n) is 16.6. The number of nitrogens with one attached hydrogen (secondary N) is 1. The molecule has 0 saturated heterocycles. The maximum absolute atomic E-state index is 12.4. The fraction of sp³-hybridized carbons (Fsp3) is 0.292. The second-order valence-electron chi connectivity index (χ2n) is 7.64.